The van der Waals surface area contributed by atoms with Gasteiger partial charge < -0.3 is 11.5 Å². The third-order valence-corrected chi connectivity index (χ3v) is 2.95. The van der Waals surface area contributed by atoms with E-state index in [0.717, 1.165) is 0 Å². The van der Waals surface area contributed by atoms with Crippen molar-refractivity contribution in [2.45, 2.75) is 0 Å². The predicted molar refractivity (Wildman–Crippen MR) is 77.9 cm³/mol. The van der Waals surface area contributed by atoms with E-state index in [2.05, 4.69) is 19.9 Å². The standard InChI is InChI=1S/C4H2Cl3N3.C4H3Cl2N3/c5-1-2(6)9-4(8)10-3(1)7;5-2-1-3(6)9-4(7)8-2/h(H2,8,9,10);1H,(H2,7,8,9). The molecule has 2 aromatic heterocycles. The Kier molecular flexibility index (Phi) is 6.09. The van der Waals surface area contributed by atoms with Crippen molar-refractivity contribution < 1.29 is 0 Å². The fraction of sp³-hybridized carbons (Fsp3) is 0. The first-order valence-corrected chi connectivity index (χ1v) is 6.28. The summed E-state index contributed by atoms with van der Waals surface area (Å²) in [4.78, 5) is 14.3. The summed E-state index contributed by atoms with van der Waals surface area (Å²) in [5.41, 5.74) is 10.3. The van der Waals surface area contributed by atoms with Crippen molar-refractivity contribution in [2.75, 3.05) is 11.5 Å². The maximum atomic E-state index is 5.51. The van der Waals surface area contributed by atoms with E-state index in [4.69, 9.17) is 69.5 Å². The van der Waals surface area contributed by atoms with Gasteiger partial charge in [0.25, 0.3) is 0 Å². The Morgan fingerprint density at radius 3 is 1.42 bits per heavy atom. The van der Waals surface area contributed by atoms with Gasteiger partial charge in [0.05, 0.1) is 0 Å². The number of nitrogen functional groups attached to an aromatic ring is 2. The molecule has 0 amide bonds. The van der Waals surface area contributed by atoms with E-state index in [9.17, 15) is 0 Å². The third kappa shape index (κ3) is 5.38. The van der Waals surface area contributed by atoms with Crippen LogP contribution in [0, 0.1) is 0 Å². The number of anilines is 2. The van der Waals surface area contributed by atoms with Gasteiger partial charge in [0.15, 0.2) is 10.3 Å². The van der Waals surface area contributed by atoms with Crippen LogP contribution in [0.5, 0.6) is 0 Å². The second-order valence-electron chi connectivity index (χ2n) is 2.85. The Balaban J connectivity index is 0.000000191. The van der Waals surface area contributed by atoms with Gasteiger partial charge in [0, 0.05) is 6.07 Å². The van der Waals surface area contributed by atoms with Crippen molar-refractivity contribution in [3.63, 3.8) is 0 Å². The molecule has 0 aliphatic heterocycles. The van der Waals surface area contributed by atoms with Crippen molar-refractivity contribution in [1.82, 2.24) is 19.9 Å². The van der Waals surface area contributed by atoms with E-state index in [-0.39, 0.29) is 37.5 Å². The fourth-order valence-electron chi connectivity index (χ4n) is 0.816. The van der Waals surface area contributed by atoms with Gasteiger partial charge in [0.2, 0.25) is 11.9 Å². The smallest absolute Gasteiger partial charge is 0.222 e. The minimum absolute atomic E-state index is 0.0133. The van der Waals surface area contributed by atoms with Crippen molar-refractivity contribution in [3.8, 4) is 0 Å². The molecule has 0 bridgehead atoms. The number of nitrogens with zero attached hydrogens (tertiary/aromatic N) is 4. The Morgan fingerprint density at radius 2 is 1.05 bits per heavy atom. The summed E-state index contributed by atoms with van der Waals surface area (Å²) in [6, 6.07) is 1.42. The molecule has 2 aromatic rings. The summed E-state index contributed by atoms with van der Waals surface area (Å²) in [5, 5.41) is 0.774. The van der Waals surface area contributed by atoms with Crippen LogP contribution < -0.4 is 11.5 Å². The number of hydrogen-bond donors (Lipinski definition) is 2. The first-order chi connectivity index (χ1) is 8.79. The van der Waals surface area contributed by atoms with Gasteiger partial charge in [-0.05, 0) is 0 Å². The van der Waals surface area contributed by atoms with Gasteiger partial charge in [0.1, 0.15) is 15.3 Å². The van der Waals surface area contributed by atoms with Gasteiger partial charge in [-0.25, -0.2) is 9.97 Å². The van der Waals surface area contributed by atoms with Crippen LogP contribution in [-0.4, -0.2) is 19.9 Å². The number of rotatable bonds is 0. The lowest BCUT2D eigenvalue weighted by Crippen LogP contribution is -1.95. The highest BCUT2D eigenvalue weighted by Crippen LogP contribution is 2.26. The van der Waals surface area contributed by atoms with Crippen molar-refractivity contribution in [3.05, 3.63) is 31.7 Å². The van der Waals surface area contributed by atoms with Gasteiger partial charge in [-0.2, -0.15) is 9.97 Å². The molecule has 2 rings (SSSR count). The lowest BCUT2D eigenvalue weighted by atomic mass is 10.6. The van der Waals surface area contributed by atoms with Crippen LogP contribution in [0.2, 0.25) is 25.6 Å². The lowest BCUT2D eigenvalue weighted by Gasteiger charge is -1.96. The van der Waals surface area contributed by atoms with Crippen LogP contribution in [0.1, 0.15) is 0 Å². The molecule has 0 saturated heterocycles. The number of nitrogens with two attached hydrogens (primary N) is 2. The van der Waals surface area contributed by atoms with Crippen LogP contribution in [0.3, 0.4) is 0 Å². The molecular formula is C8H5Cl5N6. The van der Waals surface area contributed by atoms with E-state index >= 15 is 0 Å². The van der Waals surface area contributed by atoms with Gasteiger partial charge in [-0.15, -0.1) is 0 Å². The van der Waals surface area contributed by atoms with Crippen molar-refractivity contribution >= 4 is 69.9 Å². The molecule has 2 heterocycles. The van der Waals surface area contributed by atoms with Gasteiger partial charge in [-0.1, -0.05) is 58.0 Å². The lowest BCUT2D eigenvalue weighted by molar-refractivity contribution is 1.19. The van der Waals surface area contributed by atoms with E-state index in [1.807, 2.05) is 0 Å². The normalized spacial score (nSPS) is 9.74. The van der Waals surface area contributed by atoms with E-state index in [0.29, 0.717) is 0 Å². The highest BCUT2D eigenvalue weighted by molar-refractivity contribution is 6.46. The molecular weight excluding hydrogens is 357 g/mol. The van der Waals surface area contributed by atoms with Crippen molar-refractivity contribution in [2.24, 2.45) is 0 Å². The van der Waals surface area contributed by atoms with Crippen LogP contribution in [0.4, 0.5) is 11.9 Å². The quantitative estimate of drug-likeness (QED) is 0.696. The maximum absolute atomic E-state index is 5.51. The number of aromatic nitrogens is 4. The Labute approximate surface area is 133 Å². The maximum Gasteiger partial charge on any atom is 0.222 e. The first-order valence-electron chi connectivity index (χ1n) is 4.39. The molecule has 0 radical (unpaired) electrons. The minimum Gasteiger partial charge on any atom is -0.368 e. The summed E-state index contributed by atoms with van der Waals surface area (Å²) in [7, 11) is 0. The predicted octanol–water partition coefficient (Wildman–Crippen LogP) is 3.38. The van der Waals surface area contributed by atoms with Crippen LogP contribution in [0.25, 0.3) is 0 Å². The van der Waals surface area contributed by atoms with Crippen LogP contribution in [0.15, 0.2) is 6.07 Å². The largest absolute Gasteiger partial charge is 0.368 e. The van der Waals surface area contributed by atoms with Gasteiger partial charge >= 0.3 is 0 Å². The van der Waals surface area contributed by atoms with Crippen LogP contribution in [-0.2, 0) is 0 Å². The summed E-state index contributed by atoms with van der Waals surface area (Å²) in [5.74, 6) is 0.104. The highest BCUT2D eigenvalue weighted by Gasteiger charge is 2.06. The van der Waals surface area contributed by atoms with E-state index < -0.39 is 0 Å². The van der Waals surface area contributed by atoms with Crippen molar-refractivity contribution in [1.29, 1.82) is 0 Å². The average Bonchev–Trinajstić information content (AvgIpc) is 2.24. The Hall–Kier alpha value is -0.790. The van der Waals surface area contributed by atoms with E-state index in [1.54, 1.807) is 0 Å². The molecule has 0 atom stereocenters. The Bertz CT molecular complexity index is 518. The first kappa shape index (κ1) is 16.3. The molecule has 0 unspecified atom stereocenters. The molecule has 102 valence electrons. The number of halogens is 5. The molecule has 6 nitrogen and oxygen atoms in total. The highest BCUT2D eigenvalue weighted by atomic mass is 35.5. The van der Waals surface area contributed by atoms with E-state index in [1.165, 1.54) is 6.07 Å². The molecule has 19 heavy (non-hydrogen) atoms. The third-order valence-electron chi connectivity index (χ3n) is 1.47. The molecule has 0 aliphatic rings. The molecule has 0 aliphatic carbocycles. The zero-order valence-electron chi connectivity index (χ0n) is 8.91. The van der Waals surface area contributed by atoms with Gasteiger partial charge in [-0.3, -0.25) is 0 Å². The summed E-state index contributed by atoms with van der Waals surface area (Å²) < 4.78 is 0. The molecule has 0 spiro atoms. The zero-order valence-corrected chi connectivity index (χ0v) is 12.7. The number of hydrogen-bond acceptors (Lipinski definition) is 6. The molecule has 11 heteroatoms. The fourth-order valence-corrected chi connectivity index (χ4v) is 1.74. The van der Waals surface area contributed by atoms with Crippen LogP contribution >= 0.6 is 58.0 Å². The molecule has 0 saturated carbocycles. The SMILES string of the molecule is Nc1nc(Cl)c(Cl)c(Cl)n1.Nc1nc(Cl)cc(Cl)n1. The second kappa shape index (κ2) is 7.12. The summed E-state index contributed by atoms with van der Waals surface area (Å²) >= 11 is 27.3. The topological polar surface area (TPSA) is 104 Å². The molecule has 4 N–H and O–H groups in total. The second-order valence-corrected chi connectivity index (χ2v) is 4.72. The zero-order chi connectivity index (χ0) is 14.6. The Morgan fingerprint density at radius 1 is 0.684 bits per heavy atom. The summed E-state index contributed by atoms with van der Waals surface area (Å²) in [6.45, 7) is 0. The monoisotopic (exact) mass is 360 g/mol. The molecule has 0 aromatic carbocycles. The molecule has 0 fully saturated rings. The summed E-state index contributed by atoms with van der Waals surface area (Å²) in [6.07, 6.45) is 0. The average molecular weight is 362 g/mol. The minimum atomic E-state index is 0.0133.